The molecule has 2 heterocycles. The summed E-state index contributed by atoms with van der Waals surface area (Å²) in [6, 6.07) is 8.25. The zero-order valence-electron chi connectivity index (χ0n) is 8.83. The fraction of sp³-hybridized carbons (Fsp3) is 0.0833. The summed E-state index contributed by atoms with van der Waals surface area (Å²) in [5.41, 5.74) is 3.29. The smallest absolute Gasteiger partial charge is 0.218 e. The van der Waals surface area contributed by atoms with Gasteiger partial charge in [-0.05, 0) is 13.0 Å². The van der Waals surface area contributed by atoms with E-state index in [-0.39, 0.29) is 0 Å². The van der Waals surface area contributed by atoms with Gasteiger partial charge in [0.2, 0.25) is 0 Å². The van der Waals surface area contributed by atoms with Crippen molar-refractivity contribution in [1.82, 2.24) is 19.6 Å². The Hall–Kier alpha value is -2.23. The molecule has 0 fully saturated rings. The molecule has 0 aliphatic carbocycles. The van der Waals surface area contributed by atoms with Gasteiger partial charge in [0.15, 0.2) is 0 Å². The zero-order valence-corrected chi connectivity index (χ0v) is 8.83. The van der Waals surface area contributed by atoms with E-state index < -0.39 is 0 Å². The van der Waals surface area contributed by atoms with E-state index in [0.29, 0.717) is 5.78 Å². The fourth-order valence-electron chi connectivity index (χ4n) is 1.74. The minimum atomic E-state index is 0.624. The van der Waals surface area contributed by atoms with E-state index in [1.165, 1.54) is 5.56 Å². The highest BCUT2D eigenvalue weighted by Gasteiger charge is 2.06. The number of fused-ring (bicyclic) bond motifs is 1. The first kappa shape index (κ1) is 9.03. The van der Waals surface area contributed by atoms with Gasteiger partial charge >= 0.3 is 0 Å². The largest absolute Gasteiger partial charge is 0.251 e. The Kier molecular flexibility index (Phi) is 1.93. The third kappa shape index (κ3) is 1.35. The van der Waals surface area contributed by atoms with Crippen molar-refractivity contribution in [1.29, 1.82) is 0 Å². The molecule has 2 aromatic heterocycles. The molecule has 4 nitrogen and oxygen atoms in total. The average molecular weight is 210 g/mol. The fourth-order valence-corrected chi connectivity index (χ4v) is 1.74. The van der Waals surface area contributed by atoms with Crippen LogP contribution in [0.5, 0.6) is 0 Å². The average Bonchev–Trinajstić information content (AvgIpc) is 2.72. The Morgan fingerprint density at radius 2 is 2.06 bits per heavy atom. The van der Waals surface area contributed by atoms with Crippen molar-refractivity contribution < 1.29 is 0 Å². The molecule has 0 aliphatic rings. The predicted molar refractivity (Wildman–Crippen MR) is 61.0 cm³/mol. The summed E-state index contributed by atoms with van der Waals surface area (Å²) in [5.74, 6) is 0.624. The monoisotopic (exact) mass is 210 g/mol. The van der Waals surface area contributed by atoms with Gasteiger partial charge in [-0.1, -0.05) is 23.8 Å². The lowest BCUT2D eigenvalue weighted by Gasteiger charge is -2.00. The normalized spacial score (nSPS) is 10.8. The highest BCUT2D eigenvalue weighted by molar-refractivity contribution is 5.62. The Balaban J connectivity index is 2.26. The maximum atomic E-state index is 4.24. The van der Waals surface area contributed by atoms with Crippen LogP contribution >= 0.6 is 0 Å². The first-order valence-electron chi connectivity index (χ1n) is 5.06. The molecule has 0 radical (unpaired) electrons. The summed E-state index contributed by atoms with van der Waals surface area (Å²) in [7, 11) is 0. The van der Waals surface area contributed by atoms with E-state index in [4.69, 9.17) is 0 Å². The van der Waals surface area contributed by atoms with Crippen molar-refractivity contribution in [2.75, 3.05) is 0 Å². The van der Waals surface area contributed by atoms with Gasteiger partial charge in [-0.15, -0.1) is 0 Å². The summed E-state index contributed by atoms with van der Waals surface area (Å²) >= 11 is 0. The summed E-state index contributed by atoms with van der Waals surface area (Å²) in [5, 5.41) is 4.24. The number of imidazole rings is 1. The van der Waals surface area contributed by atoms with Gasteiger partial charge < -0.3 is 0 Å². The first-order valence-corrected chi connectivity index (χ1v) is 5.06. The van der Waals surface area contributed by atoms with Gasteiger partial charge in [0.05, 0.1) is 24.3 Å². The van der Waals surface area contributed by atoms with Crippen LogP contribution in [0, 0.1) is 6.92 Å². The maximum absolute atomic E-state index is 4.24. The Labute approximate surface area is 92.6 Å². The van der Waals surface area contributed by atoms with Crippen LogP contribution in [0.25, 0.3) is 17.0 Å². The number of aromatic nitrogens is 4. The molecule has 78 valence electrons. The van der Waals surface area contributed by atoms with Crippen LogP contribution in [0.1, 0.15) is 5.56 Å². The molecule has 0 atom stereocenters. The van der Waals surface area contributed by atoms with Gasteiger partial charge in [-0.3, -0.25) is 0 Å². The minimum Gasteiger partial charge on any atom is -0.218 e. The number of nitrogens with zero attached hydrogens (tertiary/aromatic N) is 4. The van der Waals surface area contributed by atoms with E-state index in [1.54, 1.807) is 23.1 Å². The van der Waals surface area contributed by atoms with Crippen LogP contribution < -0.4 is 0 Å². The van der Waals surface area contributed by atoms with Gasteiger partial charge in [-0.25, -0.2) is 9.97 Å². The van der Waals surface area contributed by atoms with Crippen LogP contribution in [-0.4, -0.2) is 19.6 Å². The Morgan fingerprint density at radius 1 is 1.12 bits per heavy atom. The highest BCUT2D eigenvalue weighted by atomic mass is 15.3. The van der Waals surface area contributed by atoms with Crippen molar-refractivity contribution >= 4 is 5.78 Å². The standard InChI is InChI=1S/C12H10N4/c1-9-3-2-4-10(7-9)11-8-14-12-13-5-6-15-16(11)12/h2-8H,1H3. The lowest BCUT2D eigenvalue weighted by molar-refractivity contribution is 0.908. The SMILES string of the molecule is Cc1cccc(-c2cnc3nccnn23)c1. The minimum absolute atomic E-state index is 0.624. The van der Waals surface area contributed by atoms with E-state index in [0.717, 1.165) is 11.3 Å². The second-order valence-electron chi connectivity index (χ2n) is 3.67. The molecule has 0 amide bonds. The van der Waals surface area contributed by atoms with Crippen LogP contribution in [0.3, 0.4) is 0 Å². The number of rotatable bonds is 1. The van der Waals surface area contributed by atoms with Gasteiger partial charge in [-0.2, -0.15) is 9.61 Å². The summed E-state index contributed by atoms with van der Waals surface area (Å²) < 4.78 is 1.74. The van der Waals surface area contributed by atoms with Crippen molar-refractivity contribution in [3.05, 3.63) is 48.4 Å². The van der Waals surface area contributed by atoms with Crippen LogP contribution in [0.15, 0.2) is 42.9 Å². The molecule has 1 aromatic carbocycles. The molecule has 0 aliphatic heterocycles. The number of benzene rings is 1. The van der Waals surface area contributed by atoms with Gasteiger partial charge in [0.1, 0.15) is 0 Å². The molecule has 0 N–H and O–H groups in total. The van der Waals surface area contributed by atoms with Crippen LogP contribution in [0.4, 0.5) is 0 Å². The van der Waals surface area contributed by atoms with E-state index in [9.17, 15) is 0 Å². The Bertz CT molecular complexity index is 642. The van der Waals surface area contributed by atoms with Crippen molar-refractivity contribution in [3.8, 4) is 11.3 Å². The van der Waals surface area contributed by atoms with Gasteiger partial charge in [0, 0.05) is 5.56 Å². The van der Waals surface area contributed by atoms with E-state index >= 15 is 0 Å². The lowest BCUT2D eigenvalue weighted by Crippen LogP contribution is -1.94. The molecule has 4 heteroatoms. The molecule has 0 spiro atoms. The van der Waals surface area contributed by atoms with Crippen LogP contribution in [-0.2, 0) is 0 Å². The molecular formula is C12H10N4. The summed E-state index contributed by atoms with van der Waals surface area (Å²) in [6.07, 6.45) is 5.10. The third-order valence-corrected chi connectivity index (χ3v) is 2.47. The molecular weight excluding hydrogens is 200 g/mol. The maximum Gasteiger partial charge on any atom is 0.251 e. The lowest BCUT2D eigenvalue weighted by atomic mass is 10.1. The molecule has 0 unspecified atom stereocenters. The van der Waals surface area contributed by atoms with Crippen molar-refractivity contribution in [3.63, 3.8) is 0 Å². The molecule has 16 heavy (non-hydrogen) atoms. The number of aryl methyl sites for hydroxylation is 1. The van der Waals surface area contributed by atoms with E-state index in [1.807, 2.05) is 12.1 Å². The second-order valence-corrected chi connectivity index (χ2v) is 3.67. The molecule has 0 saturated carbocycles. The topological polar surface area (TPSA) is 43.1 Å². The number of hydrogen-bond acceptors (Lipinski definition) is 3. The van der Waals surface area contributed by atoms with Crippen molar-refractivity contribution in [2.24, 2.45) is 0 Å². The quantitative estimate of drug-likeness (QED) is 0.617. The Morgan fingerprint density at radius 3 is 2.94 bits per heavy atom. The first-order chi connectivity index (χ1) is 7.84. The van der Waals surface area contributed by atoms with Gasteiger partial charge in [0.25, 0.3) is 5.78 Å². The second kappa shape index (κ2) is 3.41. The highest BCUT2D eigenvalue weighted by Crippen LogP contribution is 2.19. The van der Waals surface area contributed by atoms with Crippen molar-refractivity contribution in [2.45, 2.75) is 6.92 Å². The summed E-state index contributed by atoms with van der Waals surface area (Å²) in [6.45, 7) is 2.07. The molecule has 3 aromatic rings. The zero-order chi connectivity index (χ0) is 11.0. The van der Waals surface area contributed by atoms with Crippen LogP contribution in [0.2, 0.25) is 0 Å². The third-order valence-electron chi connectivity index (χ3n) is 2.47. The predicted octanol–water partition coefficient (Wildman–Crippen LogP) is 2.10. The summed E-state index contributed by atoms with van der Waals surface area (Å²) in [4.78, 5) is 8.35. The van der Waals surface area contributed by atoms with E-state index in [2.05, 4.69) is 34.1 Å². The molecule has 0 saturated heterocycles. The number of hydrogen-bond donors (Lipinski definition) is 0. The molecule has 0 bridgehead atoms. The molecule has 3 rings (SSSR count).